The molecule has 2 rings (SSSR count). The average Bonchev–Trinajstić information content (AvgIpc) is 3.19. The van der Waals surface area contributed by atoms with E-state index in [2.05, 4.69) is 4.98 Å². The molecule has 4 nitrogen and oxygen atoms in total. The van der Waals surface area contributed by atoms with E-state index in [0.29, 0.717) is 12.4 Å². The number of rotatable bonds is 6. The third-order valence-corrected chi connectivity index (χ3v) is 4.62. The van der Waals surface area contributed by atoms with Crippen molar-refractivity contribution in [2.45, 2.75) is 44.2 Å². The molecule has 0 spiro atoms. The van der Waals surface area contributed by atoms with E-state index in [1.54, 1.807) is 11.8 Å². The summed E-state index contributed by atoms with van der Waals surface area (Å²) in [5.74, 6) is 0.492. The number of aryl methyl sites for hydroxylation is 2. The molecule has 20 heavy (non-hydrogen) atoms. The van der Waals surface area contributed by atoms with E-state index in [1.807, 2.05) is 32.9 Å². The number of aromatic nitrogens is 1. The van der Waals surface area contributed by atoms with Crippen LogP contribution in [0.5, 0.6) is 0 Å². The summed E-state index contributed by atoms with van der Waals surface area (Å²) in [6.07, 6.45) is 2.02. The molecule has 5 heteroatoms. The molecule has 1 saturated carbocycles. The highest BCUT2D eigenvalue weighted by molar-refractivity contribution is 7.99. The van der Waals surface area contributed by atoms with Crippen LogP contribution in [0.3, 0.4) is 0 Å². The van der Waals surface area contributed by atoms with Gasteiger partial charge >= 0.3 is 5.97 Å². The second kappa shape index (κ2) is 6.14. The number of carbonyl (C=O) groups excluding carboxylic acids is 1. The first-order chi connectivity index (χ1) is 9.45. The quantitative estimate of drug-likeness (QED) is 0.645. The lowest BCUT2D eigenvalue weighted by Gasteiger charge is -2.26. The van der Waals surface area contributed by atoms with Crippen LogP contribution in [-0.2, 0) is 9.53 Å². The Bertz CT molecular complexity index is 482. The maximum atomic E-state index is 12.1. The number of pyridine rings is 1. The number of ether oxygens (including phenoxy) is 1. The molecule has 110 valence electrons. The maximum Gasteiger partial charge on any atom is 0.327 e. The molecule has 0 aliphatic heterocycles. The van der Waals surface area contributed by atoms with Gasteiger partial charge in [0.05, 0.1) is 11.6 Å². The van der Waals surface area contributed by atoms with Crippen LogP contribution in [0, 0.1) is 19.8 Å². The minimum atomic E-state index is -0.875. The standard InChI is InChI=1S/C15H22N2O2S/c1-4-19-14(18)15(16,12-5-6-12)9-20-13-8-10(2)7-11(3)17-13/h7-8,12H,4-6,9,16H2,1-3H3. The fourth-order valence-electron chi connectivity index (χ4n) is 2.28. The molecule has 1 aromatic rings. The molecule has 1 aromatic heterocycles. The smallest absolute Gasteiger partial charge is 0.327 e. The first kappa shape index (κ1) is 15.3. The molecule has 1 fully saturated rings. The Morgan fingerprint density at radius 2 is 2.20 bits per heavy atom. The Kier molecular flexibility index (Phi) is 4.70. The number of nitrogens with two attached hydrogens (primary N) is 1. The zero-order chi connectivity index (χ0) is 14.8. The normalized spacial score (nSPS) is 17.6. The average molecular weight is 294 g/mol. The van der Waals surface area contributed by atoms with Gasteiger partial charge in [-0.1, -0.05) is 0 Å². The van der Waals surface area contributed by atoms with Crippen molar-refractivity contribution in [1.82, 2.24) is 4.98 Å². The molecule has 1 unspecified atom stereocenters. The molecule has 0 radical (unpaired) electrons. The van der Waals surface area contributed by atoms with Gasteiger partial charge in [-0.3, -0.25) is 4.79 Å². The molecule has 2 N–H and O–H groups in total. The predicted octanol–water partition coefficient (Wildman–Crippen LogP) is 2.46. The molecule has 0 saturated heterocycles. The third kappa shape index (κ3) is 3.52. The van der Waals surface area contributed by atoms with Crippen molar-refractivity contribution < 1.29 is 9.53 Å². The summed E-state index contributed by atoms with van der Waals surface area (Å²) in [4.78, 5) is 16.6. The molecular formula is C15H22N2O2S. The van der Waals surface area contributed by atoms with Crippen LogP contribution < -0.4 is 5.73 Å². The monoisotopic (exact) mass is 294 g/mol. The molecule has 0 bridgehead atoms. The number of thioether (sulfide) groups is 1. The summed E-state index contributed by atoms with van der Waals surface area (Å²) in [5, 5.41) is 0.919. The van der Waals surface area contributed by atoms with Gasteiger partial charge in [-0.15, -0.1) is 11.8 Å². The van der Waals surface area contributed by atoms with Crippen molar-refractivity contribution in [1.29, 1.82) is 0 Å². The van der Waals surface area contributed by atoms with Crippen molar-refractivity contribution in [3.8, 4) is 0 Å². The van der Waals surface area contributed by atoms with Crippen LogP contribution in [0.4, 0.5) is 0 Å². The Morgan fingerprint density at radius 1 is 1.50 bits per heavy atom. The molecule has 1 atom stereocenters. The summed E-state index contributed by atoms with van der Waals surface area (Å²) in [5.41, 5.74) is 7.61. The van der Waals surface area contributed by atoms with Gasteiger partial charge in [-0.2, -0.15) is 0 Å². The molecule has 1 aliphatic carbocycles. The van der Waals surface area contributed by atoms with Gasteiger partial charge in [-0.05, 0) is 57.2 Å². The fraction of sp³-hybridized carbons (Fsp3) is 0.600. The molecule has 0 amide bonds. The van der Waals surface area contributed by atoms with Crippen LogP contribution in [0.1, 0.15) is 31.0 Å². The van der Waals surface area contributed by atoms with E-state index in [1.165, 1.54) is 5.56 Å². The van der Waals surface area contributed by atoms with E-state index >= 15 is 0 Å². The first-order valence-corrected chi connectivity index (χ1v) is 7.98. The summed E-state index contributed by atoms with van der Waals surface area (Å²) >= 11 is 1.54. The minimum absolute atomic E-state index is 0.250. The highest BCUT2D eigenvalue weighted by Gasteiger charge is 2.49. The topological polar surface area (TPSA) is 65.2 Å². The lowest BCUT2D eigenvalue weighted by atomic mass is 9.97. The number of carbonyl (C=O) groups is 1. The van der Waals surface area contributed by atoms with Crippen molar-refractivity contribution >= 4 is 17.7 Å². The van der Waals surface area contributed by atoms with Gasteiger partial charge in [0.2, 0.25) is 0 Å². The number of hydrogen-bond acceptors (Lipinski definition) is 5. The van der Waals surface area contributed by atoms with Gasteiger partial charge in [-0.25, -0.2) is 4.98 Å². The van der Waals surface area contributed by atoms with E-state index < -0.39 is 5.54 Å². The highest BCUT2D eigenvalue weighted by Crippen LogP contribution is 2.41. The van der Waals surface area contributed by atoms with E-state index in [-0.39, 0.29) is 11.9 Å². The summed E-state index contributed by atoms with van der Waals surface area (Å²) in [6, 6.07) is 4.06. The lowest BCUT2D eigenvalue weighted by molar-refractivity contribution is -0.149. The second-order valence-corrected chi connectivity index (χ2v) is 6.44. The van der Waals surface area contributed by atoms with E-state index in [0.717, 1.165) is 23.6 Å². The number of esters is 1. The minimum Gasteiger partial charge on any atom is -0.465 e. The van der Waals surface area contributed by atoms with Gasteiger partial charge in [0.1, 0.15) is 5.54 Å². The Labute approximate surface area is 124 Å². The van der Waals surface area contributed by atoms with Crippen LogP contribution in [-0.4, -0.2) is 28.9 Å². The lowest BCUT2D eigenvalue weighted by Crippen LogP contribution is -2.53. The highest BCUT2D eigenvalue weighted by atomic mass is 32.2. The van der Waals surface area contributed by atoms with Gasteiger partial charge in [0.25, 0.3) is 0 Å². The largest absolute Gasteiger partial charge is 0.465 e. The zero-order valence-electron chi connectivity index (χ0n) is 12.3. The fourth-order valence-corrected chi connectivity index (χ4v) is 3.50. The summed E-state index contributed by atoms with van der Waals surface area (Å²) in [6.45, 7) is 6.19. The van der Waals surface area contributed by atoms with Crippen LogP contribution in [0.25, 0.3) is 0 Å². The van der Waals surface area contributed by atoms with Crippen molar-refractivity contribution in [3.05, 3.63) is 23.4 Å². The summed E-state index contributed by atoms with van der Waals surface area (Å²) < 4.78 is 5.15. The second-order valence-electron chi connectivity index (χ2n) is 5.45. The summed E-state index contributed by atoms with van der Waals surface area (Å²) in [7, 11) is 0. The predicted molar refractivity (Wildman–Crippen MR) is 80.7 cm³/mol. The third-order valence-electron chi connectivity index (χ3n) is 3.49. The van der Waals surface area contributed by atoms with Crippen molar-refractivity contribution in [2.75, 3.05) is 12.4 Å². The Morgan fingerprint density at radius 3 is 2.75 bits per heavy atom. The van der Waals surface area contributed by atoms with Crippen LogP contribution >= 0.6 is 11.8 Å². The molecule has 1 aliphatic rings. The van der Waals surface area contributed by atoms with E-state index in [9.17, 15) is 4.79 Å². The molecule has 0 aromatic carbocycles. The zero-order valence-corrected chi connectivity index (χ0v) is 13.1. The van der Waals surface area contributed by atoms with Gasteiger partial charge < -0.3 is 10.5 Å². The van der Waals surface area contributed by atoms with Gasteiger partial charge in [0.15, 0.2) is 0 Å². The number of nitrogens with zero attached hydrogens (tertiary/aromatic N) is 1. The number of hydrogen-bond donors (Lipinski definition) is 1. The molecule has 1 heterocycles. The Balaban J connectivity index is 2.07. The SMILES string of the molecule is CCOC(=O)C(N)(CSc1cc(C)cc(C)n1)C1CC1. The van der Waals surface area contributed by atoms with Crippen molar-refractivity contribution in [3.63, 3.8) is 0 Å². The molecular weight excluding hydrogens is 272 g/mol. The maximum absolute atomic E-state index is 12.1. The van der Waals surface area contributed by atoms with E-state index in [4.69, 9.17) is 10.5 Å². The Hall–Kier alpha value is -1.07. The van der Waals surface area contributed by atoms with Crippen LogP contribution in [0.2, 0.25) is 0 Å². The van der Waals surface area contributed by atoms with Gasteiger partial charge in [0, 0.05) is 11.4 Å². The van der Waals surface area contributed by atoms with Crippen molar-refractivity contribution in [2.24, 2.45) is 11.7 Å². The first-order valence-electron chi connectivity index (χ1n) is 7.00. The van der Waals surface area contributed by atoms with Crippen LogP contribution in [0.15, 0.2) is 17.2 Å².